The number of nitrogens with one attached hydrogen (secondary N) is 1. The number of hydrogen-bond acceptors (Lipinski definition) is 5. The Kier molecular flexibility index (Phi) is 6.18. The molecule has 25 heavy (non-hydrogen) atoms. The van der Waals surface area contributed by atoms with E-state index in [-0.39, 0.29) is 5.91 Å². The highest BCUT2D eigenvalue weighted by Crippen LogP contribution is 2.25. The van der Waals surface area contributed by atoms with Crippen molar-refractivity contribution in [3.05, 3.63) is 35.2 Å². The third kappa shape index (κ3) is 5.11. The van der Waals surface area contributed by atoms with E-state index in [1.165, 1.54) is 23.3 Å². The highest BCUT2D eigenvalue weighted by molar-refractivity contribution is 7.14. The fourth-order valence-electron chi connectivity index (χ4n) is 3.04. The summed E-state index contributed by atoms with van der Waals surface area (Å²) in [4.78, 5) is 21.5. The molecule has 5 nitrogen and oxygen atoms in total. The van der Waals surface area contributed by atoms with Gasteiger partial charge in [0.15, 0.2) is 5.13 Å². The molecule has 0 unspecified atom stereocenters. The van der Waals surface area contributed by atoms with Crippen molar-refractivity contribution in [3.8, 4) is 11.3 Å². The molecule has 2 heterocycles. The third-order valence-electron chi connectivity index (χ3n) is 4.47. The Morgan fingerprint density at radius 3 is 2.52 bits per heavy atom. The molecule has 134 valence electrons. The Morgan fingerprint density at radius 2 is 1.84 bits per heavy atom. The van der Waals surface area contributed by atoms with Crippen LogP contribution < -0.4 is 5.32 Å². The zero-order valence-electron chi connectivity index (χ0n) is 15.0. The molecule has 0 atom stereocenters. The first-order valence-corrected chi connectivity index (χ1v) is 9.79. The van der Waals surface area contributed by atoms with Gasteiger partial charge in [-0.25, -0.2) is 4.98 Å². The lowest BCUT2D eigenvalue weighted by atomic mass is 10.1. The van der Waals surface area contributed by atoms with Gasteiger partial charge in [0, 0.05) is 37.1 Å². The number of hydrogen-bond donors (Lipinski definition) is 1. The largest absolute Gasteiger partial charge is 0.301 e. The van der Waals surface area contributed by atoms with Gasteiger partial charge in [0.25, 0.3) is 0 Å². The average molecular weight is 359 g/mol. The van der Waals surface area contributed by atoms with Gasteiger partial charge >= 0.3 is 0 Å². The predicted octanol–water partition coefficient (Wildman–Crippen LogP) is 3.08. The van der Waals surface area contributed by atoms with E-state index in [1.807, 2.05) is 5.38 Å². The van der Waals surface area contributed by atoms with Crippen LogP contribution >= 0.6 is 11.3 Å². The van der Waals surface area contributed by atoms with Crippen molar-refractivity contribution >= 4 is 22.4 Å². The Labute approximate surface area is 153 Å². The highest BCUT2D eigenvalue weighted by Gasteiger charge is 2.18. The maximum Gasteiger partial charge on any atom is 0.240 e. The molecule has 1 fully saturated rings. The van der Waals surface area contributed by atoms with Crippen LogP contribution in [0.15, 0.2) is 29.6 Å². The van der Waals surface area contributed by atoms with Gasteiger partial charge in [-0.3, -0.25) is 9.69 Å². The van der Waals surface area contributed by atoms with Gasteiger partial charge in [-0.2, -0.15) is 0 Å². The molecule has 0 saturated carbocycles. The first-order valence-electron chi connectivity index (χ1n) is 8.91. The minimum atomic E-state index is 0.0220. The summed E-state index contributed by atoms with van der Waals surface area (Å²) in [5, 5.41) is 5.60. The van der Waals surface area contributed by atoms with Crippen LogP contribution in [0.25, 0.3) is 11.3 Å². The van der Waals surface area contributed by atoms with Gasteiger partial charge in [0.1, 0.15) is 0 Å². The number of nitrogens with zero attached hydrogens (tertiary/aromatic N) is 3. The quantitative estimate of drug-likeness (QED) is 0.862. The van der Waals surface area contributed by atoms with Gasteiger partial charge in [-0.05, 0) is 19.9 Å². The second kappa shape index (κ2) is 8.56. The summed E-state index contributed by atoms with van der Waals surface area (Å²) in [5.74, 6) is 0.0220. The summed E-state index contributed by atoms with van der Waals surface area (Å²) in [6, 6.07) is 8.27. The van der Waals surface area contributed by atoms with Crippen molar-refractivity contribution in [1.29, 1.82) is 0 Å². The van der Waals surface area contributed by atoms with Crippen molar-refractivity contribution in [2.24, 2.45) is 0 Å². The highest BCUT2D eigenvalue weighted by atomic mass is 32.1. The molecule has 2 aromatic rings. The van der Waals surface area contributed by atoms with E-state index in [0.29, 0.717) is 11.7 Å². The first kappa shape index (κ1) is 18.0. The number of benzene rings is 1. The van der Waals surface area contributed by atoms with Gasteiger partial charge in [-0.15, -0.1) is 11.3 Å². The molecule has 1 aliphatic heterocycles. The lowest BCUT2D eigenvalue weighted by molar-refractivity contribution is -0.117. The normalized spacial score (nSPS) is 16.1. The fraction of sp³-hybridized carbons (Fsp3) is 0.474. The molecule has 3 rings (SSSR count). The summed E-state index contributed by atoms with van der Waals surface area (Å²) < 4.78 is 0. The summed E-state index contributed by atoms with van der Waals surface area (Å²) in [7, 11) is 0. The number of rotatable bonds is 6. The Morgan fingerprint density at radius 1 is 1.16 bits per heavy atom. The van der Waals surface area contributed by atoms with Gasteiger partial charge in [0.2, 0.25) is 5.91 Å². The Hall–Kier alpha value is -1.76. The average Bonchev–Trinajstić information content (AvgIpc) is 3.06. The minimum absolute atomic E-state index is 0.0220. The van der Waals surface area contributed by atoms with Crippen LogP contribution in [0.5, 0.6) is 0 Å². The lowest BCUT2D eigenvalue weighted by Crippen LogP contribution is -2.48. The molecule has 1 aromatic heterocycles. The topological polar surface area (TPSA) is 48.5 Å². The van der Waals surface area contributed by atoms with E-state index in [1.54, 1.807) is 0 Å². The number of carbonyl (C=O) groups excluding carboxylic acids is 1. The van der Waals surface area contributed by atoms with E-state index in [0.717, 1.165) is 44.0 Å². The van der Waals surface area contributed by atoms with E-state index in [9.17, 15) is 4.79 Å². The van der Waals surface area contributed by atoms with E-state index >= 15 is 0 Å². The van der Waals surface area contributed by atoms with E-state index < -0.39 is 0 Å². The number of carbonyl (C=O) groups is 1. The van der Waals surface area contributed by atoms with Crippen LogP contribution in [-0.2, 0) is 4.79 Å². The van der Waals surface area contributed by atoms with Crippen LogP contribution in [0, 0.1) is 6.92 Å². The van der Waals surface area contributed by atoms with E-state index in [4.69, 9.17) is 0 Å². The number of amides is 1. The smallest absolute Gasteiger partial charge is 0.240 e. The summed E-state index contributed by atoms with van der Waals surface area (Å²) in [5.41, 5.74) is 3.22. The zero-order chi connectivity index (χ0) is 17.6. The van der Waals surface area contributed by atoms with Crippen LogP contribution in [0.2, 0.25) is 0 Å². The summed E-state index contributed by atoms with van der Waals surface area (Å²) in [6.07, 6.45) is 1.19. The van der Waals surface area contributed by atoms with Gasteiger partial charge < -0.3 is 10.2 Å². The second-order valence-corrected chi connectivity index (χ2v) is 7.43. The molecule has 0 spiro atoms. The van der Waals surface area contributed by atoms with Crippen molar-refractivity contribution in [3.63, 3.8) is 0 Å². The molecular weight excluding hydrogens is 332 g/mol. The molecule has 0 bridgehead atoms. The van der Waals surface area contributed by atoms with Crippen LogP contribution in [0.1, 0.15) is 18.9 Å². The number of aryl methyl sites for hydroxylation is 1. The van der Waals surface area contributed by atoms with Crippen LogP contribution in [-0.4, -0.2) is 60.0 Å². The van der Waals surface area contributed by atoms with Crippen molar-refractivity contribution in [2.45, 2.75) is 20.3 Å². The lowest BCUT2D eigenvalue weighted by Gasteiger charge is -2.33. The Bertz CT molecular complexity index is 690. The number of thiazole rings is 1. The molecule has 1 saturated heterocycles. The third-order valence-corrected chi connectivity index (χ3v) is 5.23. The minimum Gasteiger partial charge on any atom is -0.301 e. The van der Waals surface area contributed by atoms with E-state index in [2.05, 4.69) is 58.2 Å². The summed E-state index contributed by atoms with van der Waals surface area (Å²) >= 11 is 1.48. The van der Waals surface area contributed by atoms with Gasteiger partial charge in [-0.1, -0.05) is 36.8 Å². The maximum absolute atomic E-state index is 12.3. The molecule has 0 radical (unpaired) electrons. The molecule has 1 amide bonds. The standard InChI is InChI=1S/C19H26N4OS/c1-3-8-22-9-11-23(12-10-22)13-18(24)21-19-20-17(14-25-19)16-6-4-15(2)5-7-16/h4-7,14H,3,8-13H2,1-2H3,(H,20,21,24). The maximum atomic E-state index is 12.3. The first-order chi connectivity index (χ1) is 12.1. The monoisotopic (exact) mass is 358 g/mol. The van der Waals surface area contributed by atoms with Crippen LogP contribution in [0.4, 0.5) is 5.13 Å². The van der Waals surface area contributed by atoms with Crippen molar-refractivity contribution in [2.75, 3.05) is 44.6 Å². The molecule has 1 aliphatic rings. The molecule has 1 N–H and O–H groups in total. The molecule has 0 aliphatic carbocycles. The van der Waals surface area contributed by atoms with Crippen LogP contribution in [0.3, 0.4) is 0 Å². The SMILES string of the molecule is CCCN1CCN(CC(=O)Nc2nc(-c3ccc(C)cc3)cs2)CC1. The van der Waals surface area contributed by atoms with Crippen molar-refractivity contribution < 1.29 is 4.79 Å². The zero-order valence-corrected chi connectivity index (χ0v) is 15.8. The summed E-state index contributed by atoms with van der Waals surface area (Å²) in [6.45, 7) is 9.89. The predicted molar refractivity (Wildman–Crippen MR) is 104 cm³/mol. The van der Waals surface area contributed by atoms with Gasteiger partial charge in [0.05, 0.1) is 12.2 Å². The molecule has 6 heteroatoms. The fourth-order valence-corrected chi connectivity index (χ4v) is 3.77. The number of anilines is 1. The number of aromatic nitrogens is 1. The Balaban J connectivity index is 1.49. The molecular formula is C19H26N4OS. The molecule has 1 aromatic carbocycles. The number of piperazine rings is 1. The second-order valence-electron chi connectivity index (χ2n) is 6.57. The van der Waals surface area contributed by atoms with Crippen molar-refractivity contribution in [1.82, 2.24) is 14.8 Å².